The van der Waals surface area contributed by atoms with Gasteiger partial charge in [0.05, 0.1) is 13.5 Å². The largest absolute Gasteiger partial charge is 0.422 e. The van der Waals surface area contributed by atoms with Crippen LogP contribution in [0.15, 0.2) is 63.8 Å². The zero-order valence-electron chi connectivity index (χ0n) is 12.5. The first-order valence-electron chi connectivity index (χ1n) is 7.10. The van der Waals surface area contributed by atoms with Crippen LogP contribution in [0.4, 0.5) is 0 Å². The van der Waals surface area contributed by atoms with Gasteiger partial charge in [0, 0.05) is 5.56 Å². The van der Waals surface area contributed by atoms with Gasteiger partial charge >= 0.3 is 5.63 Å². The smallest absolute Gasteiger partial charge is 0.344 e. The third kappa shape index (κ3) is 2.45. The highest BCUT2D eigenvalue weighted by Gasteiger charge is 2.26. The summed E-state index contributed by atoms with van der Waals surface area (Å²) < 4.78 is 5.71. The van der Waals surface area contributed by atoms with Crippen molar-refractivity contribution in [3.63, 3.8) is 0 Å². The lowest BCUT2D eigenvalue weighted by molar-refractivity contribution is 0.537. The second-order valence-electron chi connectivity index (χ2n) is 6.26. The molecule has 0 bridgehead atoms. The first-order valence-corrected chi connectivity index (χ1v) is 10.6. The lowest BCUT2D eigenvalue weighted by Gasteiger charge is -2.22. The molecule has 0 saturated heterocycles. The Balaban J connectivity index is 2.48. The van der Waals surface area contributed by atoms with E-state index in [1.165, 1.54) is 5.19 Å². The molecule has 0 saturated carbocycles. The lowest BCUT2D eigenvalue weighted by Crippen LogP contribution is -2.40. The molecule has 0 unspecified atom stereocenters. The van der Waals surface area contributed by atoms with Gasteiger partial charge in [-0.3, -0.25) is 0 Å². The summed E-state index contributed by atoms with van der Waals surface area (Å²) in [4.78, 5) is 12.3. The maximum atomic E-state index is 12.3. The molecule has 0 fully saturated rings. The summed E-state index contributed by atoms with van der Waals surface area (Å²) in [7, 11) is -1.68. The SMILES string of the molecule is C[Si](C)(C)c1c(-c2ccccc2)oc(=O)c2ccccc12. The quantitative estimate of drug-likeness (QED) is 0.669. The fourth-order valence-electron chi connectivity index (χ4n) is 2.74. The summed E-state index contributed by atoms with van der Waals surface area (Å²) in [5, 5.41) is 2.92. The second kappa shape index (κ2) is 5.01. The first-order chi connectivity index (χ1) is 9.98. The Morgan fingerprint density at radius 3 is 2.00 bits per heavy atom. The molecule has 3 aromatic rings. The Labute approximate surface area is 125 Å². The number of benzene rings is 2. The van der Waals surface area contributed by atoms with Crippen LogP contribution >= 0.6 is 0 Å². The third-order valence-corrected chi connectivity index (χ3v) is 5.62. The Morgan fingerprint density at radius 2 is 1.38 bits per heavy atom. The fraction of sp³-hybridized carbons (Fsp3) is 0.167. The van der Waals surface area contributed by atoms with E-state index in [4.69, 9.17) is 4.42 Å². The molecular weight excluding hydrogens is 276 g/mol. The monoisotopic (exact) mass is 294 g/mol. The minimum Gasteiger partial charge on any atom is -0.422 e. The van der Waals surface area contributed by atoms with Crippen molar-refractivity contribution in [2.75, 3.05) is 0 Å². The highest BCUT2D eigenvalue weighted by atomic mass is 28.3. The van der Waals surface area contributed by atoms with Gasteiger partial charge in [0.15, 0.2) is 0 Å². The summed E-state index contributed by atoms with van der Waals surface area (Å²) >= 11 is 0. The normalized spacial score (nSPS) is 11.8. The predicted molar refractivity (Wildman–Crippen MR) is 90.9 cm³/mol. The zero-order valence-corrected chi connectivity index (χ0v) is 13.5. The molecule has 21 heavy (non-hydrogen) atoms. The van der Waals surface area contributed by atoms with E-state index < -0.39 is 8.07 Å². The molecule has 0 aliphatic carbocycles. The van der Waals surface area contributed by atoms with Crippen molar-refractivity contribution in [2.45, 2.75) is 19.6 Å². The standard InChI is InChI=1S/C18H18O2Si/c1-21(2,3)17-14-11-7-8-12-15(14)18(19)20-16(17)13-9-5-4-6-10-13/h4-12H,1-3H3. The Hall–Kier alpha value is -2.13. The van der Waals surface area contributed by atoms with Gasteiger partial charge in [-0.2, -0.15) is 0 Å². The molecule has 2 aromatic carbocycles. The predicted octanol–water partition coefficient (Wildman–Crippen LogP) is 4.01. The van der Waals surface area contributed by atoms with E-state index in [9.17, 15) is 4.79 Å². The van der Waals surface area contributed by atoms with Gasteiger partial charge in [-0.15, -0.1) is 0 Å². The van der Waals surface area contributed by atoms with E-state index in [0.717, 1.165) is 16.7 Å². The van der Waals surface area contributed by atoms with Crippen LogP contribution in [-0.4, -0.2) is 8.07 Å². The summed E-state index contributed by atoms with van der Waals surface area (Å²) in [6.07, 6.45) is 0. The van der Waals surface area contributed by atoms with Crippen LogP contribution in [0.5, 0.6) is 0 Å². The van der Waals surface area contributed by atoms with Crippen molar-refractivity contribution in [1.29, 1.82) is 0 Å². The summed E-state index contributed by atoms with van der Waals surface area (Å²) in [6.45, 7) is 6.84. The maximum Gasteiger partial charge on any atom is 0.344 e. The molecule has 0 spiro atoms. The number of hydrogen-bond donors (Lipinski definition) is 0. The van der Waals surface area contributed by atoms with Gasteiger partial charge in [0.25, 0.3) is 0 Å². The van der Waals surface area contributed by atoms with Crippen LogP contribution in [-0.2, 0) is 0 Å². The number of rotatable bonds is 2. The van der Waals surface area contributed by atoms with Crippen LogP contribution in [0.3, 0.4) is 0 Å². The van der Waals surface area contributed by atoms with Crippen molar-refractivity contribution >= 4 is 24.0 Å². The molecule has 0 aliphatic rings. The van der Waals surface area contributed by atoms with Gasteiger partial charge in [-0.1, -0.05) is 68.2 Å². The Morgan fingerprint density at radius 1 is 0.810 bits per heavy atom. The fourth-order valence-corrected chi connectivity index (χ4v) is 4.64. The Kier molecular flexibility index (Phi) is 3.30. The minimum absolute atomic E-state index is 0.258. The van der Waals surface area contributed by atoms with Crippen molar-refractivity contribution in [1.82, 2.24) is 0 Å². The molecule has 1 aromatic heterocycles. The van der Waals surface area contributed by atoms with Gasteiger partial charge in [-0.05, 0) is 16.6 Å². The minimum atomic E-state index is -1.68. The molecular formula is C18H18O2Si. The van der Waals surface area contributed by atoms with E-state index in [1.807, 2.05) is 54.6 Å². The van der Waals surface area contributed by atoms with Gasteiger partial charge in [-0.25, -0.2) is 4.79 Å². The van der Waals surface area contributed by atoms with Gasteiger partial charge < -0.3 is 4.42 Å². The van der Waals surface area contributed by atoms with Crippen molar-refractivity contribution in [3.8, 4) is 11.3 Å². The molecule has 0 atom stereocenters. The van der Waals surface area contributed by atoms with Crippen LogP contribution in [0.2, 0.25) is 19.6 Å². The maximum absolute atomic E-state index is 12.3. The highest BCUT2D eigenvalue weighted by molar-refractivity contribution is 6.91. The highest BCUT2D eigenvalue weighted by Crippen LogP contribution is 2.23. The van der Waals surface area contributed by atoms with Crippen LogP contribution in [0.25, 0.3) is 22.1 Å². The number of hydrogen-bond acceptors (Lipinski definition) is 2. The van der Waals surface area contributed by atoms with Crippen LogP contribution < -0.4 is 10.8 Å². The topological polar surface area (TPSA) is 30.2 Å². The third-order valence-electron chi connectivity index (χ3n) is 3.62. The first kappa shape index (κ1) is 13.8. The average Bonchev–Trinajstić information content (AvgIpc) is 2.47. The summed E-state index contributed by atoms with van der Waals surface area (Å²) in [5.74, 6) is 0.735. The van der Waals surface area contributed by atoms with E-state index in [1.54, 1.807) is 0 Å². The molecule has 106 valence electrons. The number of fused-ring (bicyclic) bond motifs is 1. The van der Waals surface area contributed by atoms with E-state index in [-0.39, 0.29) is 5.63 Å². The molecule has 3 heteroatoms. The van der Waals surface area contributed by atoms with Crippen LogP contribution in [0, 0.1) is 0 Å². The van der Waals surface area contributed by atoms with Gasteiger partial charge in [0.2, 0.25) is 0 Å². The summed E-state index contributed by atoms with van der Waals surface area (Å²) in [6, 6.07) is 17.7. The molecule has 0 aliphatic heterocycles. The molecule has 2 nitrogen and oxygen atoms in total. The van der Waals surface area contributed by atoms with Crippen LogP contribution in [0.1, 0.15) is 0 Å². The summed E-state index contributed by atoms with van der Waals surface area (Å²) in [5.41, 5.74) is 0.712. The van der Waals surface area contributed by atoms with Gasteiger partial charge in [0.1, 0.15) is 5.76 Å². The molecule has 3 rings (SSSR count). The van der Waals surface area contributed by atoms with Crippen molar-refractivity contribution < 1.29 is 4.42 Å². The van der Waals surface area contributed by atoms with E-state index in [2.05, 4.69) is 19.6 Å². The van der Waals surface area contributed by atoms with E-state index in [0.29, 0.717) is 5.39 Å². The lowest BCUT2D eigenvalue weighted by atomic mass is 10.1. The zero-order chi connectivity index (χ0) is 15.0. The molecule has 0 amide bonds. The van der Waals surface area contributed by atoms with E-state index >= 15 is 0 Å². The van der Waals surface area contributed by atoms with Crippen molar-refractivity contribution in [2.24, 2.45) is 0 Å². The van der Waals surface area contributed by atoms with Crippen molar-refractivity contribution in [3.05, 3.63) is 65.0 Å². The molecule has 0 N–H and O–H groups in total. The Bertz CT molecular complexity index is 842. The average molecular weight is 294 g/mol. The molecule has 0 radical (unpaired) electrons. The molecule has 1 heterocycles. The second-order valence-corrected chi connectivity index (χ2v) is 11.3.